The number of amides is 2. The van der Waals surface area contributed by atoms with E-state index in [-0.39, 0.29) is 18.6 Å². The summed E-state index contributed by atoms with van der Waals surface area (Å²) in [5.74, 6) is -0.252. The summed E-state index contributed by atoms with van der Waals surface area (Å²) in [6.45, 7) is 5.41. The van der Waals surface area contributed by atoms with Crippen LogP contribution in [0.15, 0.2) is 60.7 Å². The second kappa shape index (κ2) is 9.04. The lowest BCUT2D eigenvalue weighted by Gasteiger charge is -2.27. The van der Waals surface area contributed by atoms with Crippen molar-refractivity contribution in [3.05, 3.63) is 71.8 Å². The molecule has 2 N–H and O–H groups in total. The molecule has 0 aliphatic rings. The number of alkyl carbamates (subject to hydrolysis) is 1. The van der Waals surface area contributed by atoms with Crippen LogP contribution in [-0.4, -0.2) is 23.6 Å². The molecule has 2 aromatic rings. The van der Waals surface area contributed by atoms with Crippen LogP contribution in [0.25, 0.3) is 0 Å². The molecule has 0 fully saturated rings. The zero-order chi connectivity index (χ0) is 19.0. The van der Waals surface area contributed by atoms with E-state index in [9.17, 15) is 9.59 Å². The summed E-state index contributed by atoms with van der Waals surface area (Å²) >= 11 is 0. The first-order chi connectivity index (χ1) is 12.4. The van der Waals surface area contributed by atoms with E-state index in [2.05, 4.69) is 10.6 Å². The smallest absolute Gasteiger partial charge is 0.408 e. The maximum absolute atomic E-state index is 12.5. The Kier molecular flexibility index (Phi) is 6.78. The van der Waals surface area contributed by atoms with Gasteiger partial charge in [-0.05, 0) is 38.3 Å². The molecule has 0 aromatic heterocycles. The molecule has 0 heterocycles. The van der Waals surface area contributed by atoms with E-state index in [1.54, 1.807) is 13.8 Å². The lowest BCUT2D eigenvalue weighted by molar-refractivity contribution is -0.126. The molecule has 5 heteroatoms. The minimum absolute atomic E-state index is 0.0497. The lowest BCUT2D eigenvalue weighted by Crippen LogP contribution is -2.56. The average Bonchev–Trinajstić information content (AvgIpc) is 2.61. The van der Waals surface area contributed by atoms with Crippen LogP contribution in [0.2, 0.25) is 0 Å². The van der Waals surface area contributed by atoms with E-state index in [1.165, 1.54) is 0 Å². The lowest BCUT2D eigenvalue weighted by atomic mass is 10.0. The number of rotatable bonds is 7. The van der Waals surface area contributed by atoms with E-state index in [1.807, 2.05) is 67.6 Å². The highest BCUT2D eigenvalue weighted by Crippen LogP contribution is 2.08. The molecule has 0 spiro atoms. The summed E-state index contributed by atoms with van der Waals surface area (Å²) in [4.78, 5) is 24.5. The van der Waals surface area contributed by atoms with Crippen molar-refractivity contribution in [3.8, 4) is 0 Å². The van der Waals surface area contributed by atoms with E-state index in [0.29, 0.717) is 0 Å². The fraction of sp³-hybridized carbons (Fsp3) is 0.333. The predicted molar refractivity (Wildman–Crippen MR) is 102 cm³/mol. The summed E-state index contributed by atoms with van der Waals surface area (Å²) in [7, 11) is 0. The molecule has 5 nitrogen and oxygen atoms in total. The second-order valence-electron chi connectivity index (χ2n) is 6.88. The van der Waals surface area contributed by atoms with Gasteiger partial charge >= 0.3 is 6.09 Å². The van der Waals surface area contributed by atoms with E-state index >= 15 is 0 Å². The third-order valence-corrected chi connectivity index (χ3v) is 3.96. The summed E-state index contributed by atoms with van der Waals surface area (Å²) in [5, 5.41) is 5.56. The monoisotopic (exact) mass is 354 g/mol. The fourth-order valence-corrected chi connectivity index (χ4v) is 2.49. The molecule has 0 unspecified atom stereocenters. The molecule has 0 aliphatic heterocycles. The van der Waals surface area contributed by atoms with Crippen LogP contribution in [0.4, 0.5) is 4.79 Å². The quantitative estimate of drug-likeness (QED) is 0.800. The highest BCUT2D eigenvalue weighted by Gasteiger charge is 2.31. The molecule has 138 valence electrons. The normalized spacial score (nSPS) is 12.1. The second-order valence-corrected chi connectivity index (χ2v) is 6.88. The number of nitrogens with one attached hydrogen (secondary N) is 2. The summed E-state index contributed by atoms with van der Waals surface area (Å²) in [6.07, 6.45) is 0.103. The van der Waals surface area contributed by atoms with Gasteiger partial charge in [0, 0.05) is 6.04 Å². The molecule has 0 saturated heterocycles. The van der Waals surface area contributed by atoms with Gasteiger partial charge in [-0.3, -0.25) is 4.79 Å². The Morgan fingerprint density at radius 3 is 2.08 bits per heavy atom. The Hall–Kier alpha value is -2.82. The topological polar surface area (TPSA) is 67.4 Å². The molecule has 0 aliphatic carbocycles. The van der Waals surface area contributed by atoms with Crippen LogP contribution >= 0.6 is 0 Å². The van der Waals surface area contributed by atoms with Gasteiger partial charge in [0.25, 0.3) is 0 Å². The maximum Gasteiger partial charge on any atom is 0.408 e. The first kappa shape index (κ1) is 19.5. The Balaban J connectivity index is 1.81. The van der Waals surface area contributed by atoms with Crippen LogP contribution in [-0.2, 0) is 22.6 Å². The van der Waals surface area contributed by atoms with E-state index < -0.39 is 11.6 Å². The Labute approximate surface area is 154 Å². The maximum atomic E-state index is 12.5. The number of ether oxygens (including phenoxy) is 1. The van der Waals surface area contributed by atoms with Crippen molar-refractivity contribution in [2.45, 2.75) is 45.4 Å². The zero-order valence-corrected chi connectivity index (χ0v) is 15.5. The van der Waals surface area contributed by atoms with Crippen LogP contribution < -0.4 is 10.6 Å². The predicted octanol–water partition coefficient (Wildman–Crippen LogP) is 3.44. The van der Waals surface area contributed by atoms with Crippen molar-refractivity contribution in [2.24, 2.45) is 0 Å². The molecule has 2 rings (SSSR count). The highest BCUT2D eigenvalue weighted by molar-refractivity contribution is 5.89. The Bertz CT molecular complexity index is 715. The number of carbonyl (C=O) groups excluding carboxylic acids is 2. The van der Waals surface area contributed by atoms with Gasteiger partial charge in [-0.2, -0.15) is 0 Å². The van der Waals surface area contributed by atoms with Gasteiger partial charge in [0.15, 0.2) is 0 Å². The molecule has 0 radical (unpaired) electrons. The number of benzene rings is 2. The first-order valence-electron chi connectivity index (χ1n) is 8.70. The largest absolute Gasteiger partial charge is 0.445 e. The SMILES string of the molecule is C[C@H](Cc1ccccc1)NC(=O)C(C)(C)NC(=O)OCc1ccccc1. The van der Waals surface area contributed by atoms with Crippen molar-refractivity contribution >= 4 is 12.0 Å². The average molecular weight is 354 g/mol. The number of hydrogen-bond donors (Lipinski definition) is 2. The standard InChI is InChI=1S/C21H26N2O3/c1-16(14-17-10-6-4-7-11-17)22-19(24)21(2,3)23-20(25)26-15-18-12-8-5-9-13-18/h4-13,16H,14-15H2,1-3H3,(H,22,24)(H,23,25)/t16-/m1/s1. The summed E-state index contributed by atoms with van der Waals surface area (Å²) in [6, 6.07) is 19.3. The molecule has 1 atom stereocenters. The van der Waals surface area contributed by atoms with Gasteiger partial charge in [0.2, 0.25) is 5.91 Å². The molecular weight excluding hydrogens is 328 g/mol. The van der Waals surface area contributed by atoms with Gasteiger partial charge < -0.3 is 15.4 Å². The van der Waals surface area contributed by atoms with Crippen LogP contribution in [0, 0.1) is 0 Å². The van der Waals surface area contributed by atoms with Crippen LogP contribution in [0.5, 0.6) is 0 Å². The summed E-state index contributed by atoms with van der Waals surface area (Å²) < 4.78 is 5.18. The zero-order valence-electron chi connectivity index (χ0n) is 15.5. The van der Waals surface area contributed by atoms with Crippen molar-refractivity contribution in [2.75, 3.05) is 0 Å². The van der Waals surface area contributed by atoms with Crippen molar-refractivity contribution in [1.82, 2.24) is 10.6 Å². The van der Waals surface area contributed by atoms with Gasteiger partial charge in [-0.15, -0.1) is 0 Å². The minimum atomic E-state index is -1.07. The number of carbonyl (C=O) groups is 2. The Morgan fingerprint density at radius 2 is 1.50 bits per heavy atom. The van der Waals surface area contributed by atoms with Gasteiger partial charge in [-0.1, -0.05) is 60.7 Å². The molecule has 0 saturated carbocycles. The molecule has 26 heavy (non-hydrogen) atoms. The Morgan fingerprint density at radius 1 is 0.962 bits per heavy atom. The third kappa shape index (κ3) is 6.24. The van der Waals surface area contributed by atoms with Crippen molar-refractivity contribution < 1.29 is 14.3 Å². The van der Waals surface area contributed by atoms with Crippen molar-refractivity contribution in [1.29, 1.82) is 0 Å². The van der Waals surface area contributed by atoms with Crippen LogP contribution in [0.1, 0.15) is 31.9 Å². The molecule has 2 aromatic carbocycles. The van der Waals surface area contributed by atoms with Gasteiger partial charge in [0.05, 0.1) is 0 Å². The third-order valence-electron chi connectivity index (χ3n) is 3.96. The first-order valence-corrected chi connectivity index (χ1v) is 8.70. The van der Waals surface area contributed by atoms with E-state index in [0.717, 1.165) is 17.5 Å². The molecule has 0 bridgehead atoms. The number of hydrogen-bond acceptors (Lipinski definition) is 3. The van der Waals surface area contributed by atoms with Crippen LogP contribution in [0.3, 0.4) is 0 Å². The van der Waals surface area contributed by atoms with Gasteiger partial charge in [0.1, 0.15) is 12.1 Å². The fourth-order valence-electron chi connectivity index (χ4n) is 2.49. The highest BCUT2D eigenvalue weighted by atomic mass is 16.5. The van der Waals surface area contributed by atoms with Crippen molar-refractivity contribution in [3.63, 3.8) is 0 Å². The van der Waals surface area contributed by atoms with Gasteiger partial charge in [-0.25, -0.2) is 4.79 Å². The summed E-state index contributed by atoms with van der Waals surface area (Å²) in [5.41, 5.74) is 0.966. The van der Waals surface area contributed by atoms with E-state index in [4.69, 9.17) is 4.74 Å². The minimum Gasteiger partial charge on any atom is -0.445 e. The molecular formula is C21H26N2O3. The molecule has 2 amide bonds.